The summed E-state index contributed by atoms with van der Waals surface area (Å²) < 4.78 is 0. The van der Waals surface area contributed by atoms with Crippen LogP contribution in [0.5, 0.6) is 0 Å². The third kappa shape index (κ3) is 3.06. The number of carbonyl (C=O) groups is 1. The van der Waals surface area contributed by atoms with Gasteiger partial charge in [-0.15, -0.1) is 0 Å². The van der Waals surface area contributed by atoms with Crippen LogP contribution >= 0.6 is 0 Å². The molecule has 0 spiro atoms. The van der Waals surface area contributed by atoms with Crippen LogP contribution in [-0.4, -0.2) is 28.7 Å². The Bertz CT molecular complexity index is 357. The average Bonchev–Trinajstić information content (AvgIpc) is 2.98. The van der Waals surface area contributed by atoms with E-state index in [4.69, 9.17) is 0 Å². The summed E-state index contributed by atoms with van der Waals surface area (Å²) in [5.74, 6) is 0.769. The van der Waals surface area contributed by atoms with Crippen LogP contribution in [0, 0.1) is 0 Å². The van der Waals surface area contributed by atoms with Crippen molar-refractivity contribution in [2.45, 2.75) is 38.6 Å². The van der Waals surface area contributed by atoms with Gasteiger partial charge in [-0.05, 0) is 19.3 Å². The zero-order chi connectivity index (χ0) is 11.4. The summed E-state index contributed by atoms with van der Waals surface area (Å²) in [4.78, 5) is 11.6. The quantitative estimate of drug-likeness (QED) is 0.674. The van der Waals surface area contributed by atoms with Crippen molar-refractivity contribution < 1.29 is 4.79 Å². The Morgan fingerprint density at radius 2 is 2.44 bits per heavy atom. The smallest absolute Gasteiger partial charge is 0.226 e. The summed E-state index contributed by atoms with van der Waals surface area (Å²) in [6, 6.07) is 0.658. The first-order chi connectivity index (χ1) is 7.79. The third-order valence-corrected chi connectivity index (χ3v) is 2.73. The van der Waals surface area contributed by atoms with Crippen molar-refractivity contribution in [3.8, 4) is 0 Å². The number of rotatable bonds is 6. The van der Waals surface area contributed by atoms with Crippen molar-refractivity contribution in [2.24, 2.45) is 0 Å². The lowest BCUT2D eigenvalue weighted by molar-refractivity contribution is -0.116. The van der Waals surface area contributed by atoms with Gasteiger partial charge in [0.2, 0.25) is 5.91 Å². The first-order valence-electron chi connectivity index (χ1n) is 5.85. The number of anilines is 1. The van der Waals surface area contributed by atoms with Gasteiger partial charge < -0.3 is 10.6 Å². The molecule has 2 rings (SSSR count). The third-order valence-electron chi connectivity index (χ3n) is 2.73. The van der Waals surface area contributed by atoms with Gasteiger partial charge in [-0.25, -0.2) is 0 Å². The number of aromatic amines is 1. The first kappa shape index (κ1) is 11.1. The number of carbonyl (C=O) groups excluding carboxylic acids is 1. The van der Waals surface area contributed by atoms with E-state index in [1.165, 1.54) is 12.8 Å². The summed E-state index contributed by atoms with van der Waals surface area (Å²) in [6.45, 7) is 2.79. The number of hydrogen-bond donors (Lipinski definition) is 3. The number of amides is 1. The second-order valence-electron chi connectivity index (χ2n) is 4.15. The standard InChI is InChI=1S/C11H18N4O/c1-2-8-7-13-15-11(8)14-10(16)5-6-12-9-3-4-9/h7,9,12H,2-6H2,1H3,(H2,13,14,15,16). The number of aromatic nitrogens is 2. The monoisotopic (exact) mass is 222 g/mol. The Hall–Kier alpha value is -1.36. The van der Waals surface area contributed by atoms with Gasteiger partial charge in [0.1, 0.15) is 5.82 Å². The Kier molecular flexibility index (Phi) is 3.56. The minimum Gasteiger partial charge on any atom is -0.313 e. The Balaban J connectivity index is 1.72. The summed E-state index contributed by atoms with van der Waals surface area (Å²) in [5.41, 5.74) is 1.04. The van der Waals surface area contributed by atoms with E-state index in [2.05, 4.69) is 20.8 Å². The summed E-state index contributed by atoms with van der Waals surface area (Å²) in [7, 11) is 0. The van der Waals surface area contributed by atoms with Gasteiger partial charge in [0, 0.05) is 24.6 Å². The molecule has 0 aromatic carbocycles. The zero-order valence-electron chi connectivity index (χ0n) is 9.55. The van der Waals surface area contributed by atoms with Crippen molar-refractivity contribution in [3.05, 3.63) is 11.8 Å². The van der Waals surface area contributed by atoms with Crippen molar-refractivity contribution in [2.75, 3.05) is 11.9 Å². The molecule has 1 aliphatic carbocycles. The fourth-order valence-corrected chi connectivity index (χ4v) is 1.57. The molecule has 5 nitrogen and oxygen atoms in total. The van der Waals surface area contributed by atoms with E-state index in [1.807, 2.05) is 6.92 Å². The molecule has 1 saturated carbocycles. The molecule has 0 atom stereocenters. The van der Waals surface area contributed by atoms with E-state index in [0.29, 0.717) is 12.5 Å². The van der Waals surface area contributed by atoms with Crippen LogP contribution in [0.15, 0.2) is 6.20 Å². The second-order valence-corrected chi connectivity index (χ2v) is 4.15. The van der Waals surface area contributed by atoms with Gasteiger partial charge in [-0.2, -0.15) is 5.10 Å². The molecule has 88 valence electrons. The Morgan fingerprint density at radius 3 is 3.12 bits per heavy atom. The highest BCUT2D eigenvalue weighted by Gasteiger charge is 2.20. The Morgan fingerprint density at radius 1 is 1.62 bits per heavy atom. The molecule has 1 fully saturated rings. The average molecular weight is 222 g/mol. The molecule has 3 N–H and O–H groups in total. The zero-order valence-corrected chi connectivity index (χ0v) is 9.55. The van der Waals surface area contributed by atoms with Crippen LogP contribution in [0.25, 0.3) is 0 Å². The molecule has 0 saturated heterocycles. The molecule has 0 radical (unpaired) electrons. The number of H-pyrrole nitrogens is 1. The SMILES string of the molecule is CCc1cn[nH]c1NC(=O)CCNC1CC1. The lowest BCUT2D eigenvalue weighted by atomic mass is 10.2. The van der Waals surface area contributed by atoms with Crippen LogP contribution in [0.3, 0.4) is 0 Å². The van der Waals surface area contributed by atoms with Crippen LogP contribution < -0.4 is 10.6 Å². The highest BCUT2D eigenvalue weighted by Crippen LogP contribution is 2.18. The molecule has 1 heterocycles. The lowest BCUT2D eigenvalue weighted by Gasteiger charge is -2.05. The molecule has 0 bridgehead atoms. The topological polar surface area (TPSA) is 69.8 Å². The van der Waals surface area contributed by atoms with Gasteiger partial charge >= 0.3 is 0 Å². The van der Waals surface area contributed by atoms with Crippen molar-refractivity contribution in [1.29, 1.82) is 0 Å². The molecule has 1 aromatic rings. The van der Waals surface area contributed by atoms with E-state index in [0.717, 1.165) is 24.3 Å². The van der Waals surface area contributed by atoms with Crippen molar-refractivity contribution >= 4 is 11.7 Å². The molecule has 0 unspecified atom stereocenters. The van der Waals surface area contributed by atoms with Gasteiger partial charge in [-0.3, -0.25) is 9.89 Å². The number of nitrogens with zero attached hydrogens (tertiary/aromatic N) is 1. The molecule has 0 aliphatic heterocycles. The normalized spacial score (nSPS) is 15.1. The molecule has 5 heteroatoms. The maximum absolute atomic E-state index is 11.6. The lowest BCUT2D eigenvalue weighted by Crippen LogP contribution is -2.23. The van der Waals surface area contributed by atoms with Crippen LogP contribution in [-0.2, 0) is 11.2 Å². The highest BCUT2D eigenvalue weighted by molar-refractivity contribution is 5.90. The maximum atomic E-state index is 11.6. The molecule has 16 heavy (non-hydrogen) atoms. The molecule has 1 aromatic heterocycles. The van der Waals surface area contributed by atoms with Crippen LogP contribution in [0.2, 0.25) is 0 Å². The second kappa shape index (κ2) is 5.12. The van der Waals surface area contributed by atoms with Crippen molar-refractivity contribution in [3.63, 3.8) is 0 Å². The predicted octanol–water partition coefficient (Wildman–Crippen LogP) is 1.05. The number of aryl methyl sites for hydroxylation is 1. The fraction of sp³-hybridized carbons (Fsp3) is 0.636. The van der Waals surface area contributed by atoms with Gasteiger partial charge in [0.15, 0.2) is 0 Å². The summed E-state index contributed by atoms with van der Waals surface area (Å²) in [6.07, 6.45) is 5.63. The first-order valence-corrected chi connectivity index (χ1v) is 5.85. The predicted molar refractivity (Wildman–Crippen MR) is 62.2 cm³/mol. The van der Waals surface area contributed by atoms with E-state index in [9.17, 15) is 4.79 Å². The summed E-state index contributed by atoms with van der Waals surface area (Å²) in [5, 5.41) is 12.9. The molecule has 1 aliphatic rings. The molecule has 1 amide bonds. The maximum Gasteiger partial charge on any atom is 0.226 e. The van der Waals surface area contributed by atoms with E-state index in [-0.39, 0.29) is 5.91 Å². The van der Waals surface area contributed by atoms with Crippen LogP contribution in [0.1, 0.15) is 31.7 Å². The number of nitrogens with one attached hydrogen (secondary N) is 3. The van der Waals surface area contributed by atoms with Crippen LogP contribution in [0.4, 0.5) is 5.82 Å². The molecular weight excluding hydrogens is 204 g/mol. The largest absolute Gasteiger partial charge is 0.313 e. The Labute approximate surface area is 95.0 Å². The highest BCUT2D eigenvalue weighted by atomic mass is 16.1. The van der Waals surface area contributed by atoms with Gasteiger partial charge in [0.25, 0.3) is 0 Å². The van der Waals surface area contributed by atoms with E-state index >= 15 is 0 Å². The van der Waals surface area contributed by atoms with Crippen molar-refractivity contribution in [1.82, 2.24) is 15.5 Å². The van der Waals surface area contributed by atoms with E-state index < -0.39 is 0 Å². The minimum atomic E-state index is 0.0344. The summed E-state index contributed by atoms with van der Waals surface area (Å²) >= 11 is 0. The fourth-order valence-electron chi connectivity index (χ4n) is 1.57. The van der Waals surface area contributed by atoms with E-state index in [1.54, 1.807) is 6.20 Å². The van der Waals surface area contributed by atoms with Gasteiger partial charge in [0.05, 0.1) is 6.20 Å². The molecular formula is C11H18N4O. The number of hydrogen-bond acceptors (Lipinski definition) is 3. The minimum absolute atomic E-state index is 0.0344. The van der Waals surface area contributed by atoms with Gasteiger partial charge in [-0.1, -0.05) is 6.92 Å².